The van der Waals surface area contributed by atoms with Crippen LogP contribution in [0.4, 0.5) is 0 Å². The smallest absolute Gasteiger partial charge is 0.107 e. The second-order valence-electron chi connectivity index (χ2n) is 6.78. The van der Waals surface area contributed by atoms with Crippen LogP contribution in [0.3, 0.4) is 0 Å². The molecular formula is C20H23N5. The lowest BCUT2D eigenvalue weighted by atomic mass is 9.94. The van der Waals surface area contributed by atoms with E-state index in [2.05, 4.69) is 45.2 Å². The van der Waals surface area contributed by atoms with Gasteiger partial charge in [0, 0.05) is 32.3 Å². The number of hydrogen-bond acceptors (Lipinski definition) is 4. The fourth-order valence-electron chi connectivity index (χ4n) is 3.59. The molecule has 0 N–H and O–H groups in total. The maximum absolute atomic E-state index is 4.89. The summed E-state index contributed by atoms with van der Waals surface area (Å²) in [5.41, 5.74) is 4.37. The molecule has 5 nitrogen and oxygen atoms in total. The minimum atomic E-state index is 0.443. The predicted octanol–water partition coefficient (Wildman–Crippen LogP) is 3.26. The molecule has 0 radical (unpaired) electrons. The van der Waals surface area contributed by atoms with Crippen LogP contribution in [0.5, 0.6) is 0 Å². The number of aryl methyl sites for hydroxylation is 1. The van der Waals surface area contributed by atoms with Crippen molar-refractivity contribution in [2.75, 3.05) is 13.1 Å². The highest BCUT2D eigenvalue weighted by Crippen LogP contribution is 2.27. The summed E-state index contributed by atoms with van der Waals surface area (Å²) in [6.07, 6.45) is 9.77. The van der Waals surface area contributed by atoms with Crippen molar-refractivity contribution < 1.29 is 0 Å². The van der Waals surface area contributed by atoms with Gasteiger partial charge in [0.25, 0.3) is 0 Å². The van der Waals surface area contributed by atoms with E-state index in [-0.39, 0.29) is 0 Å². The summed E-state index contributed by atoms with van der Waals surface area (Å²) < 4.78 is 1.98. The minimum Gasteiger partial charge on any atom is -0.332 e. The Hall–Kier alpha value is -2.53. The van der Waals surface area contributed by atoms with Crippen LogP contribution < -0.4 is 0 Å². The molecule has 0 spiro atoms. The van der Waals surface area contributed by atoms with E-state index in [0.29, 0.717) is 5.92 Å². The van der Waals surface area contributed by atoms with Crippen LogP contribution in [-0.2, 0) is 13.6 Å². The lowest BCUT2D eigenvalue weighted by Gasteiger charge is -2.32. The topological polar surface area (TPSA) is 46.8 Å². The first-order valence-electron chi connectivity index (χ1n) is 8.84. The second-order valence-corrected chi connectivity index (χ2v) is 6.78. The van der Waals surface area contributed by atoms with Gasteiger partial charge in [-0.25, -0.2) is 9.97 Å². The summed E-state index contributed by atoms with van der Waals surface area (Å²) in [5.74, 6) is 0.443. The lowest BCUT2D eigenvalue weighted by molar-refractivity contribution is 0.198. The molecular weight excluding hydrogens is 310 g/mol. The third kappa shape index (κ3) is 3.61. The minimum absolute atomic E-state index is 0.443. The van der Waals surface area contributed by atoms with Gasteiger partial charge in [0.15, 0.2) is 0 Å². The van der Waals surface area contributed by atoms with Crippen LogP contribution in [0.2, 0.25) is 0 Å². The fraction of sp³-hybridized carbons (Fsp3) is 0.350. The quantitative estimate of drug-likeness (QED) is 0.735. The monoisotopic (exact) mass is 333 g/mol. The number of nitrogens with zero attached hydrogens (tertiary/aromatic N) is 5. The number of hydrogen-bond donors (Lipinski definition) is 0. The Balaban J connectivity index is 1.51. The standard InChI is InChI=1S/C20H23N5/c1-24-15-22-12-20(24)19-11-21-10-18(23-19)17-8-5-9-25(14-17)13-16-6-3-2-4-7-16/h2-4,6-7,10-12,15,17H,5,8-9,13-14H2,1H3. The maximum Gasteiger partial charge on any atom is 0.107 e. The summed E-state index contributed by atoms with van der Waals surface area (Å²) in [6.45, 7) is 3.20. The first-order chi connectivity index (χ1) is 12.3. The Bertz CT molecular complexity index is 827. The molecule has 3 aromatic rings. The van der Waals surface area contributed by atoms with Crippen LogP contribution in [0.15, 0.2) is 55.2 Å². The molecule has 0 bridgehead atoms. The van der Waals surface area contributed by atoms with E-state index >= 15 is 0 Å². The van der Waals surface area contributed by atoms with Gasteiger partial charge in [0.1, 0.15) is 5.69 Å². The molecule has 5 heteroatoms. The average molecular weight is 333 g/mol. The Morgan fingerprint density at radius 2 is 1.96 bits per heavy atom. The molecule has 1 aliphatic heterocycles. The summed E-state index contributed by atoms with van der Waals surface area (Å²) >= 11 is 0. The fourth-order valence-corrected chi connectivity index (χ4v) is 3.59. The number of benzene rings is 1. The van der Waals surface area contributed by atoms with E-state index in [1.807, 2.05) is 30.2 Å². The molecule has 0 saturated carbocycles. The van der Waals surface area contributed by atoms with Crippen molar-refractivity contribution in [1.29, 1.82) is 0 Å². The van der Waals surface area contributed by atoms with E-state index < -0.39 is 0 Å². The van der Waals surface area contributed by atoms with Crippen LogP contribution >= 0.6 is 0 Å². The number of rotatable bonds is 4. The van der Waals surface area contributed by atoms with E-state index in [9.17, 15) is 0 Å². The summed E-state index contributed by atoms with van der Waals surface area (Å²) in [7, 11) is 1.99. The van der Waals surface area contributed by atoms with E-state index in [1.54, 1.807) is 6.33 Å². The maximum atomic E-state index is 4.89. The molecule has 1 atom stereocenters. The predicted molar refractivity (Wildman–Crippen MR) is 97.9 cm³/mol. The van der Waals surface area contributed by atoms with E-state index in [4.69, 9.17) is 4.98 Å². The number of aromatic nitrogens is 4. The normalized spacial score (nSPS) is 18.4. The highest BCUT2D eigenvalue weighted by atomic mass is 15.1. The van der Waals surface area contributed by atoms with Crippen molar-refractivity contribution in [1.82, 2.24) is 24.4 Å². The van der Waals surface area contributed by atoms with Gasteiger partial charge >= 0.3 is 0 Å². The summed E-state index contributed by atoms with van der Waals surface area (Å²) in [4.78, 5) is 16.1. The third-order valence-electron chi connectivity index (χ3n) is 4.91. The molecule has 128 valence electrons. The Morgan fingerprint density at radius 1 is 1.08 bits per heavy atom. The van der Waals surface area contributed by atoms with Gasteiger partial charge in [-0.1, -0.05) is 30.3 Å². The third-order valence-corrected chi connectivity index (χ3v) is 4.91. The molecule has 1 aliphatic rings. The van der Waals surface area contributed by atoms with E-state index in [1.165, 1.54) is 18.4 Å². The molecule has 1 fully saturated rings. The lowest BCUT2D eigenvalue weighted by Crippen LogP contribution is -2.34. The number of piperidine rings is 1. The molecule has 0 aliphatic carbocycles. The van der Waals surface area contributed by atoms with Gasteiger partial charge in [-0.05, 0) is 24.9 Å². The Labute approximate surface area is 148 Å². The van der Waals surface area contributed by atoms with Crippen molar-refractivity contribution in [3.8, 4) is 11.4 Å². The Morgan fingerprint density at radius 3 is 2.76 bits per heavy atom. The summed E-state index contributed by atoms with van der Waals surface area (Å²) in [5, 5.41) is 0. The van der Waals surface area contributed by atoms with Crippen LogP contribution in [0.25, 0.3) is 11.4 Å². The molecule has 1 unspecified atom stereocenters. The van der Waals surface area contributed by atoms with Crippen molar-refractivity contribution >= 4 is 0 Å². The van der Waals surface area contributed by atoms with Crippen LogP contribution in [0.1, 0.15) is 30.0 Å². The first kappa shape index (κ1) is 16.0. The number of likely N-dealkylation sites (tertiary alicyclic amines) is 1. The van der Waals surface area contributed by atoms with Gasteiger partial charge < -0.3 is 4.57 Å². The molecule has 25 heavy (non-hydrogen) atoms. The van der Waals surface area contributed by atoms with Crippen molar-refractivity contribution in [3.63, 3.8) is 0 Å². The zero-order valence-electron chi connectivity index (χ0n) is 14.5. The molecule has 1 aromatic carbocycles. The van der Waals surface area contributed by atoms with Crippen molar-refractivity contribution in [3.05, 3.63) is 66.5 Å². The number of imidazole rings is 1. The molecule has 1 saturated heterocycles. The van der Waals surface area contributed by atoms with Gasteiger partial charge in [0.05, 0.1) is 30.1 Å². The zero-order chi connectivity index (χ0) is 17.1. The van der Waals surface area contributed by atoms with Gasteiger partial charge in [-0.2, -0.15) is 0 Å². The van der Waals surface area contributed by atoms with Crippen LogP contribution in [0, 0.1) is 0 Å². The second kappa shape index (κ2) is 7.15. The highest BCUT2D eigenvalue weighted by Gasteiger charge is 2.23. The van der Waals surface area contributed by atoms with Gasteiger partial charge in [-0.3, -0.25) is 9.88 Å². The van der Waals surface area contributed by atoms with E-state index in [0.717, 1.165) is 36.7 Å². The molecule has 3 heterocycles. The van der Waals surface area contributed by atoms with Gasteiger partial charge in [0.2, 0.25) is 0 Å². The largest absolute Gasteiger partial charge is 0.332 e. The molecule has 2 aromatic heterocycles. The van der Waals surface area contributed by atoms with Crippen molar-refractivity contribution in [2.24, 2.45) is 7.05 Å². The zero-order valence-corrected chi connectivity index (χ0v) is 14.5. The van der Waals surface area contributed by atoms with Gasteiger partial charge in [-0.15, -0.1) is 0 Å². The highest BCUT2D eigenvalue weighted by molar-refractivity contribution is 5.52. The Kier molecular flexibility index (Phi) is 4.57. The van der Waals surface area contributed by atoms with Crippen LogP contribution in [-0.4, -0.2) is 37.5 Å². The SMILES string of the molecule is Cn1cncc1-c1cncc(C2CCCN(Cc3ccccc3)C2)n1. The van der Waals surface area contributed by atoms with Crippen molar-refractivity contribution in [2.45, 2.75) is 25.3 Å². The average Bonchev–Trinajstić information content (AvgIpc) is 3.09. The first-order valence-corrected chi connectivity index (χ1v) is 8.84. The molecule has 4 rings (SSSR count). The summed E-state index contributed by atoms with van der Waals surface area (Å²) in [6, 6.07) is 10.7. The molecule has 0 amide bonds.